The first kappa shape index (κ1) is 12.9. The number of carbonyl (C=O) groups is 1. The van der Waals surface area contributed by atoms with Crippen LogP contribution in [0.4, 0.5) is 0 Å². The number of hydrogen-bond donors (Lipinski definition) is 1. The maximum atomic E-state index is 10.7. The van der Waals surface area contributed by atoms with Crippen molar-refractivity contribution in [2.75, 3.05) is 7.05 Å². The number of thiophene rings is 1. The van der Waals surface area contributed by atoms with Gasteiger partial charge in [-0.25, -0.2) is 4.79 Å². The molecule has 2 heterocycles. The average molecular weight is 265 g/mol. The van der Waals surface area contributed by atoms with E-state index in [1.165, 1.54) is 10.9 Å². The predicted molar refractivity (Wildman–Crippen MR) is 69.9 cm³/mol. The summed E-state index contributed by atoms with van der Waals surface area (Å²) in [6, 6.07) is 7.60. The van der Waals surface area contributed by atoms with Gasteiger partial charge in [0, 0.05) is 10.9 Å². The van der Waals surface area contributed by atoms with E-state index in [1.54, 1.807) is 17.4 Å². The second-order valence-corrected chi connectivity index (χ2v) is 5.16. The lowest BCUT2D eigenvalue weighted by Crippen LogP contribution is -2.20. The van der Waals surface area contributed by atoms with E-state index in [9.17, 15) is 4.79 Å². The third-order valence-electron chi connectivity index (χ3n) is 2.89. The summed E-state index contributed by atoms with van der Waals surface area (Å²) < 4.78 is 5.25. The molecular formula is C13H15NO3S. The summed E-state index contributed by atoms with van der Waals surface area (Å²) in [6.45, 7) is 2.71. The standard InChI is InChI=1S/C13H15NO3S/c1-9(12-4-3-7-18-12)14(2)8-10-5-6-11(17-10)13(15)16/h3-7,9H,8H2,1-2H3,(H,15,16). The van der Waals surface area contributed by atoms with Gasteiger partial charge in [-0.1, -0.05) is 6.07 Å². The molecule has 0 amide bonds. The van der Waals surface area contributed by atoms with E-state index >= 15 is 0 Å². The normalized spacial score (nSPS) is 12.8. The number of carboxylic acid groups (broad SMARTS) is 1. The molecular weight excluding hydrogens is 250 g/mol. The van der Waals surface area contributed by atoms with Gasteiger partial charge in [0.15, 0.2) is 0 Å². The number of carboxylic acids is 1. The Bertz CT molecular complexity index is 518. The molecule has 5 heteroatoms. The van der Waals surface area contributed by atoms with Crippen LogP contribution in [0.1, 0.15) is 34.2 Å². The summed E-state index contributed by atoms with van der Waals surface area (Å²) in [5, 5.41) is 10.8. The van der Waals surface area contributed by atoms with Gasteiger partial charge in [0.25, 0.3) is 0 Å². The molecule has 0 bridgehead atoms. The first-order valence-electron chi connectivity index (χ1n) is 5.63. The monoisotopic (exact) mass is 265 g/mol. The Balaban J connectivity index is 2.02. The van der Waals surface area contributed by atoms with Crippen molar-refractivity contribution >= 4 is 17.3 Å². The molecule has 0 saturated carbocycles. The molecule has 2 aromatic heterocycles. The molecule has 96 valence electrons. The van der Waals surface area contributed by atoms with Crippen molar-refractivity contribution in [1.29, 1.82) is 0 Å². The summed E-state index contributed by atoms with van der Waals surface area (Å²) in [4.78, 5) is 14.1. The molecule has 0 spiro atoms. The highest BCUT2D eigenvalue weighted by Crippen LogP contribution is 2.25. The van der Waals surface area contributed by atoms with Crippen LogP contribution in [-0.4, -0.2) is 23.0 Å². The number of rotatable bonds is 5. The Kier molecular flexibility index (Phi) is 3.84. The van der Waals surface area contributed by atoms with Crippen molar-refractivity contribution in [3.8, 4) is 0 Å². The molecule has 0 aromatic carbocycles. The lowest BCUT2D eigenvalue weighted by Gasteiger charge is -2.22. The quantitative estimate of drug-likeness (QED) is 0.901. The second kappa shape index (κ2) is 5.37. The molecule has 1 atom stereocenters. The summed E-state index contributed by atoms with van der Waals surface area (Å²) in [5.74, 6) is -0.379. The Morgan fingerprint density at radius 3 is 2.83 bits per heavy atom. The number of hydrogen-bond acceptors (Lipinski definition) is 4. The van der Waals surface area contributed by atoms with Crippen LogP contribution in [0.3, 0.4) is 0 Å². The van der Waals surface area contributed by atoms with E-state index in [0.29, 0.717) is 12.3 Å². The van der Waals surface area contributed by atoms with Crippen molar-refractivity contribution < 1.29 is 14.3 Å². The van der Waals surface area contributed by atoms with E-state index in [-0.39, 0.29) is 11.8 Å². The minimum atomic E-state index is -1.03. The summed E-state index contributed by atoms with van der Waals surface area (Å²) in [5.41, 5.74) is 0. The predicted octanol–water partition coefficient (Wildman–Crippen LogP) is 3.23. The first-order chi connectivity index (χ1) is 8.58. The number of aromatic carboxylic acids is 1. The molecule has 18 heavy (non-hydrogen) atoms. The van der Waals surface area contributed by atoms with Gasteiger partial charge in [-0.05, 0) is 37.6 Å². The van der Waals surface area contributed by atoms with Gasteiger partial charge >= 0.3 is 5.97 Å². The first-order valence-corrected chi connectivity index (χ1v) is 6.51. The van der Waals surface area contributed by atoms with Crippen LogP contribution >= 0.6 is 11.3 Å². The van der Waals surface area contributed by atoms with Crippen molar-refractivity contribution in [2.45, 2.75) is 19.5 Å². The largest absolute Gasteiger partial charge is 0.475 e. The highest BCUT2D eigenvalue weighted by Gasteiger charge is 2.15. The highest BCUT2D eigenvalue weighted by atomic mass is 32.1. The van der Waals surface area contributed by atoms with Crippen LogP contribution in [0.5, 0.6) is 0 Å². The Hall–Kier alpha value is -1.59. The van der Waals surface area contributed by atoms with Gasteiger partial charge < -0.3 is 9.52 Å². The minimum absolute atomic E-state index is 0.0119. The molecule has 4 nitrogen and oxygen atoms in total. The molecule has 0 fully saturated rings. The molecule has 0 aliphatic carbocycles. The number of nitrogens with zero attached hydrogens (tertiary/aromatic N) is 1. The molecule has 0 radical (unpaired) electrons. The average Bonchev–Trinajstić information content (AvgIpc) is 2.98. The zero-order valence-corrected chi connectivity index (χ0v) is 11.1. The van der Waals surface area contributed by atoms with Crippen LogP contribution in [0.15, 0.2) is 34.1 Å². The van der Waals surface area contributed by atoms with Crippen LogP contribution in [0, 0.1) is 0 Å². The van der Waals surface area contributed by atoms with Crippen molar-refractivity contribution in [2.24, 2.45) is 0 Å². The Morgan fingerprint density at radius 2 is 2.28 bits per heavy atom. The van der Waals surface area contributed by atoms with E-state index in [1.807, 2.05) is 13.1 Å². The van der Waals surface area contributed by atoms with Gasteiger partial charge in [0.1, 0.15) is 5.76 Å². The third-order valence-corrected chi connectivity index (χ3v) is 3.94. The van der Waals surface area contributed by atoms with Crippen LogP contribution < -0.4 is 0 Å². The fourth-order valence-corrected chi connectivity index (χ4v) is 2.56. The van der Waals surface area contributed by atoms with E-state index in [2.05, 4.69) is 23.3 Å². The topological polar surface area (TPSA) is 53.7 Å². The summed E-state index contributed by atoms with van der Waals surface area (Å²) in [6.07, 6.45) is 0. The SMILES string of the molecule is CC(c1cccs1)N(C)Cc1ccc(C(=O)O)o1. The summed E-state index contributed by atoms with van der Waals surface area (Å²) in [7, 11) is 1.99. The molecule has 0 saturated heterocycles. The van der Waals surface area contributed by atoms with Crippen LogP contribution in [0.25, 0.3) is 0 Å². The zero-order chi connectivity index (χ0) is 13.1. The van der Waals surface area contributed by atoms with Crippen LogP contribution in [-0.2, 0) is 6.54 Å². The van der Waals surface area contributed by atoms with Crippen LogP contribution in [0.2, 0.25) is 0 Å². The maximum absolute atomic E-state index is 10.7. The Morgan fingerprint density at radius 1 is 1.50 bits per heavy atom. The lowest BCUT2D eigenvalue weighted by atomic mass is 10.2. The highest BCUT2D eigenvalue weighted by molar-refractivity contribution is 7.10. The van der Waals surface area contributed by atoms with E-state index < -0.39 is 5.97 Å². The van der Waals surface area contributed by atoms with Gasteiger partial charge in [-0.2, -0.15) is 0 Å². The smallest absolute Gasteiger partial charge is 0.371 e. The molecule has 1 unspecified atom stereocenters. The molecule has 2 aromatic rings. The number of furan rings is 1. The minimum Gasteiger partial charge on any atom is -0.475 e. The zero-order valence-electron chi connectivity index (χ0n) is 10.3. The van der Waals surface area contributed by atoms with Crippen molar-refractivity contribution in [3.63, 3.8) is 0 Å². The van der Waals surface area contributed by atoms with E-state index in [4.69, 9.17) is 9.52 Å². The third kappa shape index (κ3) is 2.80. The fourth-order valence-electron chi connectivity index (χ4n) is 1.71. The van der Waals surface area contributed by atoms with Gasteiger partial charge in [0.05, 0.1) is 6.54 Å². The van der Waals surface area contributed by atoms with Gasteiger partial charge in [-0.15, -0.1) is 11.3 Å². The lowest BCUT2D eigenvalue weighted by molar-refractivity contribution is 0.0658. The van der Waals surface area contributed by atoms with Crippen molar-refractivity contribution in [1.82, 2.24) is 4.90 Å². The second-order valence-electron chi connectivity index (χ2n) is 4.18. The molecule has 0 aliphatic heterocycles. The van der Waals surface area contributed by atoms with Crippen molar-refractivity contribution in [3.05, 3.63) is 46.0 Å². The maximum Gasteiger partial charge on any atom is 0.371 e. The molecule has 0 aliphatic rings. The molecule has 2 rings (SSSR count). The van der Waals surface area contributed by atoms with Gasteiger partial charge in [-0.3, -0.25) is 4.90 Å². The van der Waals surface area contributed by atoms with Gasteiger partial charge in [0.2, 0.25) is 5.76 Å². The summed E-state index contributed by atoms with van der Waals surface area (Å²) >= 11 is 1.71. The molecule has 1 N–H and O–H groups in total. The fraction of sp³-hybridized carbons (Fsp3) is 0.308. The van der Waals surface area contributed by atoms with E-state index in [0.717, 1.165) is 0 Å². The Labute approximate surface area is 109 Å².